The maximum absolute atomic E-state index is 2.70. The summed E-state index contributed by atoms with van der Waals surface area (Å²) in [6, 6.07) is 11.1. The largest absolute Gasteiger partial charge is 0.0773 e. The zero-order valence-electron chi connectivity index (χ0n) is 23.8. The fraction of sp³-hybridized carbons (Fsp3) is 0.722. The maximum atomic E-state index is 2.70. The first-order valence-electron chi connectivity index (χ1n) is 16.2. The van der Waals surface area contributed by atoms with Crippen LogP contribution in [0.3, 0.4) is 0 Å². The number of hydrogen-bond donors (Lipinski definition) is 0. The first kappa shape index (κ1) is 27.7. The Kier molecular flexibility index (Phi) is 11.2. The van der Waals surface area contributed by atoms with Crippen molar-refractivity contribution in [1.82, 2.24) is 0 Å². The second-order valence-electron chi connectivity index (χ2n) is 12.9. The second kappa shape index (κ2) is 14.6. The summed E-state index contributed by atoms with van der Waals surface area (Å²) in [5.74, 6) is 4.33. The Labute approximate surface area is 224 Å². The fourth-order valence-electron chi connectivity index (χ4n) is 7.83. The Balaban J connectivity index is 1.35. The van der Waals surface area contributed by atoms with Crippen molar-refractivity contribution in [3.8, 4) is 0 Å². The van der Waals surface area contributed by atoms with E-state index in [1.165, 1.54) is 121 Å². The van der Waals surface area contributed by atoms with Gasteiger partial charge in [-0.15, -0.1) is 0 Å². The standard InChI is InChI=1S/C36H56/c1-3-5-7-9-13-31-20-22-35(23-21-31)36(27-24-32-18-16-30(17-19-32)12-6-4-2)28-25-34(26-29-36)33-14-10-8-11-15-33/h8,10-11,14-15,25-26,28-32,34-35H,3-7,9,12-13,16-24,27H2,1-2H3. The van der Waals surface area contributed by atoms with E-state index < -0.39 is 0 Å². The van der Waals surface area contributed by atoms with E-state index in [0.29, 0.717) is 11.3 Å². The van der Waals surface area contributed by atoms with Crippen LogP contribution in [0.5, 0.6) is 0 Å². The van der Waals surface area contributed by atoms with Gasteiger partial charge in [-0.25, -0.2) is 0 Å². The van der Waals surface area contributed by atoms with Gasteiger partial charge in [0.05, 0.1) is 0 Å². The highest BCUT2D eigenvalue weighted by atomic mass is 14.4. The molecule has 0 aliphatic heterocycles. The van der Waals surface area contributed by atoms with E-state index in [2.05, 4.69) is 68.5 Å². The summed E-state index contributed by atoms with van der Waals surface area (Å²) in [6.45, 7) is 4.68. The average molecular weight is 489 g/mol. The molecule has 0 bridgehead atoms. The summed E-state index contributed by atoms with van der Waals surface area (Å²) in [5.41, 5.74) is 1.76. The topological polar surface area (TPSA) is 0 Å². The van der Waals surface area contributed by atoms with Crippen molar-refractivity contribution in [3.63, 3.8) is 0 Å². The molecule has 0 amide bonds. The Bertz CT molecular complexity index is 756. The zero-order chi connectivity index (χ0) is 25.1. The quantitative estimate of drug-likeness (QED) is 0.191. The van der Waals surface area contributed by atoms with Crippen molar-refractivity contribution in [3.05, 3.63) is 60.2 Å². The normalized spacial score (nSPS) is 32.6. The van der Waals surface area contributed by atoms with Gasteiger partial charge < -0.3 is 0 Å². The van der Waals surface area contributed by atoms with Crippen LogP contribution in [0.4, 0.5) is 0 Å². The number of benzene rings is 1. The predicted octanol–water partition coefficient (Wildman–Crippen LogP) is 11.4. The monoisotopic (exact) mass is 488 g/mol. The predicted molar refractivity (Wildman–Crippen MR) is 158 cm³/mol. The summed E-state index contributed by atoms with van der Waals surface area (Å²) in [4.78, 5) is 0. The Morgan fingerprint density at radius 1 is 0.611 bits per heavy atom. The van der Waals surface area contributed by atoms with E-state index in [1.54, 1.807) is 0 Å². The first-order valence-corrected chi connectivity index (χ1v) is 16.2. The van der Waals surface area contributed by atoms with Crippen molar-refractivity contribution in [2.45, 2.75) is 135 Å². The van der Waals surface area contributed by atoms with E-state index in [1.807, 2.05) is 0 Å². The maximum Gasteiger partial charge on any atom is 0.0199 e. The average Bonchev–Trinajstić information content (AvgIpc) is 2.95. The lowest BCUT2D eigenvalue weighted by atomic mass is 9.61. The van der Waals surface area contributed by atoms with Gasteiger partial charge >= 0.3 is 0 Å². The van der Waals surface area contributed by atoms with Gasteiger partial charge in [0.15, 0.2) is 0 Å². The highest BCUT2D eigenvalue weighted by molar-refractivity contribution is 5.34. The van der Waals surface area contributed by atoms with Crippen LogP contribution in [0.1, 0.15) is 141 Å². The third-order valence-electron chi connectivity index (χ3n) is 10.4. The van der Waals surface area contributed by atoms with Crippen molar-refractivity contribution >= 4 is 0 Å². The summed E-state index contributed by atoms with van der Waals surface area (Å²) in [6.07, 6.45) is 36.7. The lowest BCUT2D eigenvalue weighted by Gasteiger charge is -2.43. The number of allylic oxidation sites excluding steroid dienone is 4. The summed E-state index contributed by atoms with van der Waals surface area (Å²) < 4.78 is 0. The Hall–Kier alpha value is -1.30. The van der Waals surface area contributed by atoms with Crippen molar-refractivity contribution < 1.29 is 0 Å². The smallest absolute Gasteiger partial charge is 0.0199 e. The zero-order valence-corrected chi connectivity index (χ0v) is 23.8. The molecular formula is C36H56. The second-order valence-corrected chi connectivity index (χ2v) is 12.9. The van der Waals surface area contributed by atoms with E-state index in [9.17, 15) is 0 Å². The van der Waals surface area contributed by atoms with E-state index >= 15 is 0 Å². The number of rotatable bonds is 13. The fourth-order valence-corrected chi connectivity index (χ4v) is 7.83. The first-order chi connectivity index (χ1) is 17.7. The van der Waals surface area contributed by atoms with Gasteiger partial charge in [0, 0.05) is 11.3 Å². The molecule has 200 valence electrons. The molecule has 0 atom stereocenters. The SMILES string of the molecule is CCCCCCC1CCC(C2(CCC3CCC(CCCC)CC3)C=CC(c3ccccc3)C=C2)CC1. The minimum absolute atomic E-state index is 0.317. The highest BCUT2D eigenvalue weighted by Gasteiger charge is 2.38. The van der Waals surface area contributed by atoms with Crippen LogP contribution in [0.15, 0.2) is 54.6 Å². The molecule has 0 N–H and O–H groups in total. The molecule has 1 aromatic rings. The van der Waals surface area contributed by atoms with Crippen LogP contribution in [-0.2, 0) is 0 Å². The molecule has 0 heterocycles. The molecule has 36 heavy (non-hydrogen) atoms. The molecule has 0 nitrogen and oxygen atoms in total. The lowest BCUT2D eigenvalue weighted by Crippen LogP contribution is -2.33. The Morgan fingerprint density at radius 2 is 1.17 bits per heavy atom. The molecule has 0 aromatic heterocycles. The van der Waals surface area contributed by atoms with E-state index in [-0.39, 0.29) is 0 Å². The molecule has 0 spiro atoms. The summed E-state index contributed by atoms with van der Waals surface area (Å²) in [7, 11) is 0. The van der Waals surface area contributed by atoms with Gasteiger partial charge in [0.1, 0.15) is 0 Å². The number of hydrogen-bond acceptors (Lipinski definition) is 0. The molecule has 2 saturated carbocycles. The van der Waals surface area contributed by atoms with Gasteiger partial charge in [0.2, 0.25) is 0 Å². The summed E-state index contributed by atoms with van der Waals surface area (Å²) >= 11 is 0. The lowest BCUT2D eigenvalue weighted by molar-refractivity contribution is 0.149. The van der Waals surface area contributed by atoms with Crippen molar-refractivity contribution in [2.75, 3.05) is 0 Å². The van der Waals surface area contributed by atoms with Crippen LogP contribution < -0.4 is 0 Å². The third-order valence-corrected chi connectivity index (χ3v) is 10.4. The molecule has 3 aliphatic carbocycles. The van der Waals surface area contributed by atoms with Crippen molar-refractivity contribution in [1.29, 1.82) is 0 Å². The minimum Gasteiger partial charge on any atom is -0.0773 e. The van der Waals surface area contributed by atoms with Gasteiger partial charge in [-0.05, 0) is 54.9 Å². The number of unbranched alkanes of at least 4 members (excludes halogenated alkanes) is 4. The molecule has 0 heteroatoms. The van der Waals surface area contributed by atoms with Crippen molar-refractivity contribution in [2.24, 2.45) is 29.1 Å². The van der Waals surface area contributed by atoms with Gasteiger partial charge in [-0.1, -0.05) is 158 Å². The van der Waals surface area contributed by atoms with Gasteiger partial charge in [0.25, 0.3) is 0 Å². The van der Waals surface area contributed by atoms with E-state index in [4.69, 9.17) is 0 Å². The van der Waals surface area contributed by atoms with Crippen LogP contribution in [-0.4, -0.2) is 0 Å². The summed E-state index contributed by atoms with van der Waals surface area (Å²) in [5, 5.41) is 0. The van der Waals surface area contributed by atoms with E-state index in [0.717, 1.165) is 23.7 Å². The molecule has 0 radical (unpaired) electrons. The van der Waals surface area contributed by atoms with Gasteiger partial charge in [-0.2, -0.15) is 0 Å². The van der Waals surface area contributed by atoms with Crippen LogP contribution >= 0.6 is 0 Å². The minimum atomic E-state index is 0.317. The molecule has 2 fully saturated rings. The van der Waals surface area contributed by atoms with Crippen LogP contribution in [0, 0.1) is 29.1 Å². The third kappa shape index (κ3) is 7.85. The van der Waals surface area contributed by atoms with Gasteiger partial charge in [-0.3, -0.25) is 0 Å². The Morgan fingerprint density at radius 3 is 1.78 bits per heavy atom. The molecule has 1 aromatic carbocycles. The molecule has 0 unspecified atom stereocenters. The molecule has 4 rings (SSSR count). The molecular weight excluding hydrogens is 432 g/mol. The molecule has 0 saturated heterocycles. The van der Waals surface area contributed by atoms with Crippen LogP contribution in [0.2, 0.25) is 0 Å². The highest BCUT2D eigenvalue weighted by Crippen LogP contribution is 2.50. The van der Waals surface area contributed by atoms with Crippen LogP contribution in [0.25, 0.3) is 0 Å². The molecule has 3 aliphatic rings.